The molecule has 0 amide bonds. The van der Waals surface area contributed by atoms with Crippen molar-refractivity contribution in [2.45, 2.75) is 25.5 Å². The van der Waals surface area contributed by atoms with Crippen LogP contribution >= 0.6 is 15.9 Å². The van der Waals surface area contributed by atoms with Crippen LogP contribution in [0, 0.1) is 0 Å². The minimum Gasteiger partial charge on any atom is -0.489 e. The van der Waals surface area contributed by atoms with Crippen LogP contribution in [0.4, 0.5) is 0 Å². The number of ether oxygens (including phenoxy) is 1. The van der Waals surface area contributed by atoms with Gasteiger partial charge < -0.3 is 10.5 Å². The molecule has 2 N–H and O–H groups in total. The highest BCUT2D eigenvalue weighted by molar-refractivity contribution is 9.10. The number of rotatable bonds is 3. The molecule has 0 radical (unpaired) electrons. The summed E-state index contributed by atoms with van der Waals surface area (Å²) in [7, 11) is 0. The second kappa shape index (κ2) is 3.68. The van der Waals surface area contributed by atoms with Gasteiger partial charge in [-0.05, 0) is 34.8 Å². The SMILES string of the molecule is NCc1cccc(Br)c1OC1CC1. The summed E-state index contributed by atoms with van der Waals surface area (Å²) in [4.78, 5) is 0. The molecule has 0 bridgehead atoms. The number of benzene rings is 1. The maximum absolute atomic E-state index is 5.75. The highest BCUT2D eigenvalue weighted by Gasteiger charge is 2.25. The third kappa shape index (κ3) is 2.03. The van der Waals surface area contributed by atoms with Gasteiger partial charge in [0.25, 0.3) is 0 Å². The number of hydrogen-bond acceptors (Lipinski definition) is 2. The maximum Gasteiger partial charge on any atom is 0.138 e. The molecule has 2 rings (SSSR count). The normalized spacial score (nSPS) is 15.8. The lowest BCUT2D eigenvalue weighted by atomic mass is 10.2. The Balaban J connectivity index is 2.27. The van der Waals surface area contributed by atoms with Crippen LogP contribution in [0.3, 0.4) is 0 Å². The van der Waals surface area contributed by atoms with Gasteiger partial charge in [-0.25, -0.2) is 0 Å². The minimum absolute atomic E-state index is 0.420. The molecule has 13 heavy (non-hydrogen) atoms. The summed E-state index contributed by atoms with van der Waals surface area (Å²) < 4.78 is 6.75. The standard InChI is InChI=1S/C10H12BrNO/c11-9-3-1-2-7(6-12)10(9)13-8-4-5-8/h1-3,8H,4-6,12H2. The molecule has 1 aliphatic carbocycles. The first-order valence-electron chi connectivity index (χ1n) is 4.45. The third-order valence-corrected chi connectivity index (χ3v) is 2.70. The second-order valence-corrected chi connectivity index (χ2v) is 4.10. The van der Waals surface area contributed by atoms with Crippen LogP contribution in [0.1, 0.15) is 18.4 Å². The lowest BCUT2D eigenvalue weighted by Gasteiger charge is -2.10. The van der Waals surface area contributed by atoms with Crippen LogP contribution in [0.15, 0.2) is 22.7 Å². The maximum atomic E-state index is 5.75. The van der Waals surface area contributed by atoms with Crippen molar-refractivity contribution in [1.29, 1.82) is 0 Å². The predicted octanol–water partition coefficient (Wildman–Crippen LogP) is 2.45. The van der Waals surface area contributed by atoms with Gasteiger partial charge in [-0.3, -0.25) is 0 Å². The van der Waals surface area contributed by atoms with E-state index in [-0.39, 0.29) is 0 Å². The van der Waals surface area contributed by atoms with Crippen molar-refractivity contribution in [1.82, 2.24) is 0 Å². The van der Waals surface area contributed by atoms with Crippen molar-refractivity contribution >= 4 is 15.9 Å². The van der Waals surface area contributed by atoms with Crippen molar-refractivity contribution in [2.75, 3.05) is 0 Å². The van der Waals surface area contributed by atoms with E-state index in [4.69, 9.17) is 10.5 Å². The van der Waals surface area contributed by atoms with Crippen LogP contribution in [-0.4, -0.2) is 6.10 Å². The van der Waals surface area contributed by atoms with E-state index in [0.717, 1.165) is 15.8 Å². The number of para-hydroxylation sites is 1. The molecule has 1 saturated carbocycles. The van der Waals surface area contributed by atoms with Crippen molar-refractivity contribution in [3.05, 3.63) is 28.2 Å². The Bertz CT molecular complexity index is 310. The highest BCUT2D eigenvalue weighted by Crippen LogP contribution is 2.34. The summed E-state index contributed by atoms with van der Waals surface area (Å²) >= 11 is 3.46. The number of hydrogen-bond donors (Lipinski definition) is 1. The summed E-state index contributed by atoms with van der Waals surface area (Å²) in [6.07, 6.45) is 2.76. The van der Waals surface area contributed by atoms with E-state index in [1.807, 2.05) is 18.2 Å². The molecular weight excluding hydrogens is 230 g/mol. The quantitative estimate of drug-likeness (QED) is 0.883. The molecule has 2 nitrogen and oxygen atoms in total. The van der Waals surface area contributed by atoms with Crippen molar-refractivity contribution in [3.63, 3.8) is 0 Å². The monoisotopic (exact) mass is 241 g/mol. The zero-order valence-corrected chi connectivity index (χ0v) is 8.88. The first kappa shape index (κ1) is 9.03. The second-order valence-electron chi connectivity index (χ2n) is 3.25. The average molecular weight is 242 g/mol. The van der Waals surface area contributed by atoms with E-state index in [9.17, 15) is 0 Å². The smallest absolute Gasteiger partial charge is 0.138 e. The Morgan fingerprint density at radius 1 is 1.46 bits per heavy atom. The molecule has 0 atom stereocenters. The summed E-state index contributed by atoms with van der Waals surface area (Å²) in [6.45, 7) is 0.529. The van der Waals surface area contributed by atoms with Gasteiger partial charge in [-0.15, -0.1) is 0 Å². The van der Waals surface area contributed by atoms with Gasteiger partial charge >= 0.3 is 0 Å². The first-order chi connectivity index (χ1) is 6.31. The molecule has 70 valence electrons. The van der Waals surface area contributed by atoms with Crippen molar-refractivity contribution < 1.29 is 4.74 Å². The van der Waals surface area contributed by atoms with Crippen molar-refractivity contribution in [3.8, 4) is 5.75 Å². The molecule has 0 spiro atoms. The largest absolute Gasteiger partial charge is 0.489 e. The first-order valence-corrected chi connectivity index (χ1v) is 5.24. The Hall–Kier alpha value is -0.540. The van der Waals surface area contributed by atoms with Gasteiger partial charge in [-0.1, -0.05) is 12.1 Å². The van der Waals surface area contributed by atoms with E-state index in [1.165, 1.54) is 12.8 Å². The average Bonchev–Trinajstić information content (AvgIpc) is 2.92. The molecular formula is C10H12BrNO. The lowest BCUT2D eigenvalue weighted by molar-refractivity contribution is 0.298. The van der Waals surface area contributed by atoms with Crippen molar-refractivity contribution in [2.24, 2.45) is 5.73 Å². The van der Waals surface area contributed by atoms with E-state index in [0.29, 0.717) is 12.6 Å². The predicted molar refractivity (Wildman–Crippen MR) is 55.7 cm³/mol. The fraction of sp³-hybridized carbons (Fsp3) is 0.400. The van der Waals surface area contributed by atoms with Gasteiger partial charge in [0.05, 0.1) is 10.6 Å². The van der Waals surface area contributed by atoms with Crippen LogP contribution in [0.5, 0.6) is 5.75 Å². The number of halogens is 1. The Morgan fingerprint density at radius 2 is 2.23 bits per heavy atom. The Morgan fingerprint density at radius 3 is 2.85 bits per heavy atom. The fourth-order valence-corrected chi connectivity index (χ4v) is 1.70. The van der Waals surface area contributed by atoms with Crippen LogP contribution in [0.25, 0.3) is 0 Å². The van der Waals surface area contributed by atoms with Crippen LogP contribution < -0.4 is 10.5 Å². The van der Waals surface area contributed by atoms with Crippen LogP contribution in [-0.2, 0) is 6.54 Å². The molecule has 3 heteroatoms. The molecule has 1 aliphatic rings. The summed E-state index contributed by atoms with van der Waals surface area (Å²) in [5.41, 5.74) is 6.69. The molecule has 1 aromatic carbocycles. The van der Waals surface area contributed by atoms with E-state index in [1.54, 1.807) is 0 Å². The van der Waals surface area contributed by atoms with E-state index < -0.39 is 0 Å². The fourth-order valence-electron chi connectivity index (χ4n) is 1.20. The molecule has 0 heterocycles. The highest BCUT2D eigenvalue weighted by atomic mass is 79.9. The summed E-state index contributed by atoms with van der Waals surface area (Å²) in [5, 5.41) is 0. The summed E-state index contributed by atoms with van der Waals surface area (Å²) in [5.74, 6) is 0.924. The topological polar surface area (TPSA) is 35.2 Å². The van der Waals surface area contributed by atoms with Gasteiger partial charge in [0.1, 0.15) is 5.75 Å². The molecule has 0 saturated heterocycles. The van der Waals surface area contributed by atoms with Crippen LogP contribution in [0.2, 0.25) is 0 Å². The van der Waals surface area contributed by atoms with Gasteiger partial charge in [-0.2, -0.15) is 0 Å². The zero-order chi connectivity index (χ0) is 9.26. The molecule has 0 unspecified atom stereocenters. The van der Waals surface area contributed by atoms with E-state index in [2.05, 4.69) is 15.9 Å². The zero-order valence-electron chi connectivity index (χ0n) is 7.29. The third-order valence-electron chi connectivity index (χ3n) is 2.08. The lowest BCUT2D eigenvalue weighted by Crippen LogP contribution is -2.04. The van der Waals surface area contributed by atoms with E-state index >= 15 is 0 Å². The molecule has 0 aromatic heterocycles. The minimum atomic E-state index is 0.420. The Labute approximate surface area is 86.2 Å². The summed E-state index contributed by atoms with van der Waals surface area (Å²) in [6, 6.07) is 5.96. The van der Waals surface area contributed by atoms with Gasteiger partial charge in [0, 0.05) is 12.1 Å². The number of nitrogens with two attached hydrogens (primary N) is 1. The molecule has 0 aliphatic heterocycles. The van der Waals surface area contributed by atoms with Gasteiger partial charge in [0.15, 0.2) is 0 Å². The molecule has 1 aromatic rings. The molecule has 1 fully saturated rings. The Kier molecular flexibility index (Phi) is 2.56. The van der Waals surface area contributed by atoms with Gasteiger partial charge in [0.2, 0.25) is 0 Å².